The van der Waals surface area contributed by atoms with Crippen LogP contribution in [0.1, 0.15) is 18.1 Å². The summed E-state index contributed by atoms with van der Waals surface area (Å²) in [5.74, 6) is 0.718. The van der Waals surface area contributed by atoms with Gasteiger partial charge in [0, 0.05) is 12.6 Å². The Morgan fingerprint density at radius 3 is 2.63 bits per heavy atom. The highest BCUT2D eigenvalue weighted by molar-refractivity contribution is 9.10. The summed E-state index contributed by atoms with van der Waals surface area (Å²) in [6.07, 6.45) is -3.55. The summed E-state index contributed by atoms with van der Waals surface area (Å²) in [6.45, 7) is 1.28. The van der Waals surface area contributed by atoms with Crippen LogP contribution in [0.4, 0.5) is 13.2 Å². The van der Waals surface area contributed by atoms with Crippen LogP contribution in [-0.4, -0.2) is 30.8 Å². The average molecular weight is 338 g/mol. The molecule has 0 saturated heterocycles. The van der Waals surface area contributed by atoms with Gasteiger partial charge in [0.05, 0.1) is 18.1 Å². The van der Waals surface area contributed by atoms with E-state index in [1.807, 2.05) is 19.1 Å². The zero-order chi connectivity index (χ0) is 14.2. The molecule has 106 valence electrons. The number of nitrogens with zero attached hydrogens (tertiary/aromatic N) is 1. The van der Waals surface area contributed by atoms with Crippen molar-refractivity contribution in [1.29, 1.82) is 0 Å². The lowest BCUT2D eigenvalue weighted by Gasteiger charge is -2.35. The first kappa shape index (κ1) is 14.7. The molecule has 1 heterocycles. The van der Waals surface area contributed by atoms with Crippen LogP contribution in [0.25, 0.3) is 0 Å². The van der Waals surface area contributed by atoms with Gasteiger partial charge in [0.15, 0.2) is 0 Å². The second-order valence-corrected chi connectivity index (χ2v) is 5.68. The SMILES string of the molecule is COc1cc2c(cc1Br)CN(CC(F)(F)F)C(C)C2. The molecule has 2 rings (SSSR count). The minimum absolute atomic E-state index is 0.125. The molecule has 19 heavy (non-hydrogen) atoms. The van der Waals surface area contributed by atoms with Gasteiger partial charge in [-0.05, 0) is 52.5 Å². The Kier molecular flexibility index (Phi) is 4.11. The maximum absolute atomic E-state index is 12.5. The zero-order valence-corrected chi connectivity index (χ0v) is 12.3. The number of benzene rings is 1. The Morgan fingerprint density at radius 2 is 2.05 bits per heavy atom. The Hall–Kier alpha value is -0.750. The van der Waals surface area contributed by atoms with Crippen molar-refractivity contribution in [3.05, 3.63) is 27.7 Å². The predicted octanol–water partition coefficient (Wildman–Crippen LogP) is 3.77. The van der Waals surface area contributed by atoms with Gasteiger partial charge in [0.2, 0.25) is 0 Å². The minimum atomic E-state index is -4.16. The van der Waals surface area contributed by atoms with Crippen LogP contribution in [0.5, 0.6) is 5.75 Å². The number of fused-ring (bicyclic) bond motifs is 1. The lowest BCUT2D eigenvalue weighted by atomic mass is 9.94. The number of ether oxygens (including phenoxy) is 1. The molecule has 0 aromatic heterocycles. The molecule has 0 spiro atoms. The van der Waals surface area contributed by atoms with Crippen molar-refractivity contribution in [3.8, 4) is 5.75 Å². The van der Waals surface area contributed by atoms with Crippen LogP contribution in [0.2, 0.25) is 0 Å². The van der Waals surface area contributed by atoms with Crippen molar-refractivity contribution in [2.45, 2.75) is 32.1 Å². The largest absolute Gasteiger partial charge is 0.496 e. The van der Waals surface area contributed by atoms with Gasteiger partial charge in [-0.25, -0.2) is 0 Å². The van der Waals surface area contributed by atoms with Crippen molar-refractivity contribution in [3.63, 3.8) is 0 Å². The number of hydrogen-bond donors (Lipinski definition) is 0. The van der Waals surface area contributed by atoms with Crippen LogP contribution >= 0.6 is 15.9 Å². The van der Waals surface area contributed by atoms with E-state index in [9.17, 15) is 13.2 Å². The van der Waals surface area contributed by atoms with E-state index in [-0.39, 0.29) is 6.04 Å². The highest BCUT2D eigenvalue weighted by Crippen LogP contribution is 2.34. The monoisotopic (exact) mass is 337 g/mol. The van der Waals surface area contributed by atoms with Gasteiger partial charge < -0.3 is 4.74 Å². The molecule has 0 fully saturated rings. The molecule has 1 aromatic rings. The molecule has 0 aliphatic carbocycles. The van der Waals surface area contributed by atoms with Crippen molar-refractivity contribution in [1.82, 2.24) is 4.90 Å². The van der Waals surface area contributed by atoms with E-state index in [4.69, 9.17) is 4.74 Å². The first-order chi connectivity index (χ1) is 8.80. The van der Waals surface area contributed by atoms with Gasteiger partial charge >= 0.3 is 6.18 Å². The zero-order valence-electron chi connectivity index (χ0n) is 10.7. The van der Waals surface area contributed by atoms with E-state index in [2.05, 4.69) is 15.9 Å². The maximum atomic E-state index is 12.5. The fraction of sp³-hybridized carbons (Fsp3) is 0.538. The van der Waals surface area contributed by atoms with Gasteiger partial charge in [0.25, 0.3) is 0 Å². The van der Waals surface area contributed by atoms with Gasteiger partial charge in [0.1, 0.15) is 5.75 Å². The number of methoxy groups -OCH3 is 1. The van der Waals surface area contributed by atoms with E-state index in [0.717, 1.165) is 21.3 Å². The Bertz CT molecular complexity index is 476. The van der Waals surface area contributed by atoms with Gasteiger partial charge in [-0.1, -0.05) is 0 Å². The smallest absolute Gasteiger partial charge is 0.401 e. The number of hydrogen-bond acceptors (Lipinski definition) is 2. The van der Waals surface area contributed by atoms with E-state index in [0.29, 0.717) is 13.0 Å². The van der Waals surface area contributed by atoms with Crippen molar-refractivity contribution in [2.24, 2.45) is 0 Å². The fourth-order valence-corrected chi connectivity index (χ4v) is 2.95. The molecule has 0 bridgehead atoms. The number of alkyl halides is 3. The maximum Gasteiger partial charge on any atom is 0.401 e. The topological polar surface area (TPSA) is 12.5 Å². The summed E-state index contributed by atoms with van der Waals surface area (Å²) in [4.78, 5) is 1.46. The quantitative estimate of drug-likeness (QED) is 0.814. The molecule has 1 aliphatic heterocycles. The van der Waals surface area contributed by atoms with E-state index in [1.54, 1.807) is 7.11 Å². The molecule has 6 heteroatoms. The summed E-state index contributed by atoms with van der Waals surface area (Å²) in [5, 5.41) is 0. The Labute approximate surface area is 118 Å². The minimum Gasteiger partial charge on any atom is -0.496 e. The molecule has 1 aromatic carbocycles. The fourth-order valence-electron chi connectivity index (χ4n) is 2.39. The molecule has 1 unspecified atom stereocenters. The average Bonchev–Trinajstić information content (AvgIpc) is 2.28. The Balaban J connectivity index is 2.25. The standard InChI is InChI=1S/C13H15BrF3NO/c1-8-3-9-5-12(19-2)11(14)4-10(9)6-18(8)7-13(15,16)17/h4-5,8H,3,6-7H2,1-2H3. The molecule has 2 nitrogen and oxygen atoms in total. The summed E-state index contributed by atoms with van der Waals surface area (Å²) < 4.78 is 43.5. The van der Waals surface area contributed by atoms with Gasteiger partial charge in [-0.2, -0.15) is 13.2 Å². The number of halogens is 4. The van der Waals surface area contributed by atoms with E-state index in [1.165, 1.54) is 4.90 Å². The summed E-state index contributed by atoms with van der Waals surface area (Å²) in [5.41, 5.74) is 1.99. The van der Waals surface area contributed by atoms with E-state index >= 15 is 0 Å². The van der Waals surface area contributed by atoms with Crippen LogP contribution in [0.3, 0.4) is 0 Å². The molecule has 1 aliphatic rings. The third-order valence-electron chi connectivity index (χ3n) is 3.37. The Morgan fingerprint density at radius 1 is 1.37 bits per heavy atom. The van der Waals surface area contributed by atoms with Crippen molar-refractivity contribution in [2.75, 3.05) is 13.7 Å². The number of rotatable bonds is 2. The highest BCUT2D eigenvalue weighted by atomic mass is 79.9. The summed E-state index contributed by atoms with van der Waals surface area (Å²) >= 11 is 3.37. The molecule has 0 radical (unpaired) electrons. The molecular formula is C13H15BrF3NO. The predicted molar refractivity (Wildman–Crippen MR) is 70.3 cm³/mol. The van der Waals surface area contributed by atoms with Gasteiger partial charge in [-0.15, -0.1) is 0 Å². The van der Waals surface area contributed by atoms with Crippen molar-refractivity contribution < 1.29 is 17.9 Å². The van der Waals surface area contributed by atoms with Crippen LogP contribution < -0.4 is 4.74 Å². The highest BCUT2D eigenvalue weighted by Gasteiger charge is 2.35. The lowest BCUT2D eigenvalue weighted by molar-refractivity contribution is -0.152. The third-order valence-corrected chi connectivity index (χ3v) is 3.99. The summed E-state index contributed by atoms with van der Waals surface area (Å²) in [7, 11) is 1.58. The third kappa shape index (κ3) is 3.42. The molecular weight excluding hydrogens is 323 g/mol. The molecule has 0 saturated carbocycles. The van der Waals surface area contributed by atoms with Crippen LogP contribution in [0.15, 0.2) is 16.6 Å². The van der Waals surface area contributed by atoms with Crippen molar-refractivity contribution >= 4 is 15.9 Å². The van der Waals surface area contributed by atoms with Crippen LogP contribution in [-0.2, 0) is 13.0 Å². The molecule has 0 amide bonds. The molecule has 0 N–H and O–H groups in total. The lowest BCUT2D eigenvalue weighted by Crippen LogP contribution is -2.43. The second kappa shape index (κ2) is 5.32. The second-order valence-electron chi connectivity index (χ2n) is 4.83. The normalized spacial score (nSPS) is 20.2. The first-order valence-corrected chi connectivity index (χ1v) is 6.75. The van der Waals surface area contributed by atoms with Crippen LogP contribution in [0, 0.1) is 0 Å². The van der Waals surface area contributed by atoms with Gasteiger partial charge in [-0.3, -0.25) is 4.90 Å². The molecule has 1 atom stereocenters. The summed E-state index contributed by atoms with van der Waals surface area (Å²) in [6, 6.07) is 3.63. The van der Waals surface area contributed by atoms with E-state index < -0.39 is 12.7 Å². The first-order valence-electron chi connectivity index (χ1n) is 5.96.